The van der Waals surface area contributed by atoms with Crippen LogP contribution in [0.4, 0.5) is 0 Å². The summed E-state index contributed by atoms with van der Waals surface area (Å²) in [4.78, 5) is 51.3. The Kier molecular flexibility index (Phi) is 7.53. The molecule has 3 unspecified atom stereocenters. The molecule has 2 N–H and O–H groups in total. The molecule has 5 heterocycles. The molecule has 0 radical (unpaired) electrons. The second-order valence-electron chi connectivity index (χ2n) is 16.2. The zero-order chi connectivity index (χ0) is 33.8. The first-order chi connectivity index (χ1) is 24.4. The summed E-state index contributed by atoms with van der Waals surface area (Å²) < 4.78 is 25.9. The Bertz CT molecular complexity index is 1580. The molecule has 4 aliphatic carbocycles. The quantitative estimate of drug-likeness (QED) is 0.278. The van der Waals surface area contributed by atoms with E-state index in [9.17, 15) is 14.7 Å². The summed E-state index contributed by atoms with van der Waals surface area (Å²) in [6.07, 6.45) is 11.5. The van der Waals surface area contributed by atoms with Crippen molar-refractivity contribution >= 4 is 23.9 Å². The number of fused-ring (bicyclic) bond motifs is 5. The molecule has 5 saturated heterocycles. The standard InChI is InChI=1S/C38H47N3O9/c42-17-15-39-34(43)26-6-3-16-40(26)36(45)37-19-29-30-31(49-38(48-30,24-10-11-24)25-12-13-25)33(37)50-41(32(37)35(44)47-29)20-23-5-2-1-4-22(23)9-7-21-8-14-27-28(18-21)46-27/h1-2,4-5,7,9,21,24-33,42H,3,6,8,10-20H2,(H,39,43)/t21?,26-,27?,28?,29-,30+,31+,32+,33-,37+/m1/s1. The molecule has 9 aliphatic rings. The zero-order valence-corrected chi connectivity index (χ0v) is 28.3. The van der Waals surface area contributed by atoms with E-state index in [1.807, 2.05) is 18.2 Å². The Morgan fingerprint density at radius 1 is 0.980 bits per heavy atom. The van der Waals surface area contributed by atoms with Gasteiger partial charge < -0.3 is 34.3 Å². The van der Waals surface area contributed by atoms with E-state index in [1.165, 1.54) is 0 Å². The Morgan fingerprint density at radius 2 is 1.78 bits per heavy atom. The molecular formula is C38H47N3O9. The van der Waals surface area contributed by atoms with E-state index in [4.69, 9.17) is 23.8 Å². The summed E-state index contributed by atoms with van der Waals surface area (Å²) in [5, 5.41) is 13.8. The number of esters is 1. The molecule has 2 amide bonds. The van der Waals surface area contributed by atoms with Gasteiger partial charge in [0.25, 0.3) is 0 Å². The maximum absolute atomic E-state index is 15.2. The van der Waals surface area contributed by atoms with E-state index in [2.05, 4.69) is 23.5 Å². The predicted molar refractivity (Wildman–Crippen MR) is 175 cm³/mol. The van der Waals surface area contributed by atoms with Crippen molar-refractivity contribution in [3.05, 3.63) is 41.5 Å². The highest BCUT2D eigenvalue weighted by Gasteiger charge is 2.78. The molecule has 9 fully saturated rings. The smallest absolute Gasteiger partial charge is 0.327 e. The molecule has 10 atom stereocenters. The van der Waals surface area contributed by atoms with Gasteiger partial charge in [-0.1, -0.05) is 36.4 Å². The molecule has 1 aromatic rings. The van der Waals surface area contributed by atoms with Gasteiger partial charge in [0.05, 0.1) is 25.4 Å². The molecule has 12 heteroatoms. The van der Waals surface area contributed by atoms with Crippen LogP contribution in [0.5, 0.6) is 0 Å². The largest absolute Gasteiger partial charge is 0.458 e. The van der Waals surface area contributed by atoms with E-state index in [0.29, 0.717) is 37.5 Å². The third-order valence-corrected chi connectivity index (χ3v) is 13.1. The molecule has 50 heavy (non-hydrogen) atoms. The van der Waals surface area contributed by atoms with Gasteiger partial charge in [-0.3, -0.25) is 19.2 Å². The first kappa shape index (κ1) is 31.8. The van der Waals surface area contributed by atoms with Crippen LogP contribution < -0.4 is 5.32 Å². The van der Waals surface area contributed by atoms with Crippen molar-refractivity contribution in [2.45, 2.75) is 125 Å². The second kappa shape index (κ2) is 11.8. The van der Waals surface area contributed by atoms with Gasteiger partial charge in [-0.05, 0) is 74.8 Å². The van der Waals surface area contributed by atoms with Gasteiger partial charge in [0.1, 0.15) is 35.9 Å². The maximum Gasteiger partial charge on any atom is 0.327 e. The summed E-state index contributed by atoms with van der Waals surface area (Å²) in [6.45, 7) is 0.595. The molecule has 0 aromatic heterocycles. The number of amides is 2. The van der Waals surface area contributed by atoms with Gasteiger partial charge in [-0.25, -0.2) is 0 Å². The van der Waals surface area contributed by atoms with Crippen LogP contribution in [0.25, 0.3) is 6.08 Å². The van der Waals surface area contributed by atoms with Crippen LogP contribution in [-0.4, -0.2) is 107 Å². The normalized spacial score (nSPS) is 41.2. The second-order valence-corrected chi connectivity index (χ2v) is 16.2. The lowest BCUT2D eigenvalue weighted by atomic mass is 9.62. The number of hydrogen-bond donors (Lipinski definition) is 2. The lowest BCUT2D eigenvalue weighted by Crippen LogP contribution is -2.70. The minimum Gasteiger partial charge on any atom is -0.458 e. The summed E-state index contributed by atoms with van der Waals surface area (Å²) in [6, 6.07) is 6.41. The molecule has 2 bridgehead atoms. The predicted octanol–water partition coefficient (Wildman–Crippen LogP) is 2.47. The number of nitrogens with one attached hydrogen (secondary N) is 1. The number of epoxide rings is 1. The van der Waals surface area contributed by atoms with Crippen molar-refractivity contribution in [3.8, 4) is 0 Å². The average Bonchev–Trinajstić information content (AvgIpc) is 4.08. The number of hydrogen-bond acceptors (Lipinski definition) is 10. The Labute approximate surface area is 291 Å². The highest BCUT2D eigenvalue weighted by Crippen LogP contribution is 2.64. The number of aliphatic hydroxyl groups is 1. The van der Waals surface area contributed by atoms with E-state index >= 15 is 4.79 Å². The molecule has 10 rings (SSSR count). The molecule has 5 aliphatic heterocycles. The molecule has 268 valence electrons. The highest BCUT2D eigenvalue weighted by atomic mass is 16.8. The van der Waals surface area contributed by atoms with Crippen LogP contribution in [0, 0.1) is 23.2 Å². The number of allylic oxidation sites excluding steroid dienone is 1. The summed E-state index contributed by atoms with van der Waals surface area (Å²) in [7, 11) is 0. The number of ether oxygens (including phenoxy) is 4. The Hall–Kier alpha value is -2.87. The number of carbonyl (C=O) groups excluding carboxylic acids is 3. The molecule has 0 spiro atoms. The van der Waals surface area contributed by atoms with Gasteiger partial charge in [0, 0.05) is 31.3 Å². The Morgan fingerprint density at radius 3 is 2.56 bits per heavy atom. The van der Waals surface area contributed by atoms with Gasteiger partial charge in [0.2, 0.25) is 11.8 Å². The topological polar surface area (TPSA) is 139 Å². The van der Waals surface area contributed by atoms with E-state index in [-0.39, 0.29) is 49.8 Å². The van der Waals surface area contributed by atoms with Crippen molar-refractivity contribution in [3.63, 3.8) is 0 Å². The van der Waals surface area contributed by atoms with Gasteiger partial charge in [-0.15, -0.1) is 0 Å². The van der Waals surface area contributed by atoms with Gasteiger partial charge in [-0.2, -0.15) is 5.06 Å². The molecule has 4 saturated carbocycles. The maximum atomic E-state index is 15.2. The van der Waals surface area contributed by atoms with Crippen molar-refractivity contribution in [2.75, 3.05) is 19.7 Å². The van der Waals surface area contributed by atoms with Crippen LogP contribution in [-0.2, 0) is 44.7 Å². The molecular weight excluding hydrogens is 642 g/mol. The first-order valence-electron chi connectivity index (χ1n) is 19.0. The van der Waals surface area contributed by atoms with Crippen molar-refractivity contribution in [2.24, 2.45) is 23.2 Å². The first-order valence-corrected chi connectivity index (χ1v) is 19.0. The third kappa shape index (κ3) is 4.96. The molecule has 12 nitrogen and oxygen atoms in total. The van der Waals surface area contributed by atoms with Crippen molar-refractivity contribution in [1.82, 2.24) is 15.3 Å². The summed E-state index contributed by atoms with van der Waals surface area (Å²) >= 11 is 0. The lowest BCUT2D eigenvalue weighted by molar-refractivity contribution is -0.235. The Balaban J connectivity index is 0.999. The van der Waals surface area contributed by atoms with Gasteiger partial charge in [0.15, 0.2) is 11.8 Å². The van der Waals surface area contributed by atoms with Crippen LogP contribution in [0.1, 0.15) is 75.3 Å². The third-order valence-electron chi connectivity index (χ3n) is 13.1. The van der Waals surface area contributed by atoms with Crippen molar-refractivity contribution < 1.29 is 43.3 Å². The van der Waals surface area contributed by atoms with Crippen LogP contribution in [0.3, 0.4) is 0 Å². The van der Waals surface area contributed by atoms with Crippen LogP contribution in [0.2, 0.25) is 0 Å². The summed E-state index contributed by atoms with van der Waals surface area (Å²) in [5.74, 6) is -0.756. The zero-order valence-electron chi connectivity index (χ0n) is 28.3. The monoisotopic (exact) mass is 689 g/mol. The van der Waals surface area contributed by atoms with E-state index in [0.717, 1.165) is 56.1 Å². The average molecular weight is 690 g/mol. The van der Waals surface area contributed by atoms with Gasteiger partial charge >= 0.3 is 5.97 Å². The fraction of sp³-hybridized carbons (Fsp3) is 0.711. The number of hydroxylamine groups is 2. The number of likely N-dealkylation sites (tertiary alicyclic amines) is 1. The highest BCUT2D eigenvalue weighted by molar-refractivity contribution is 5.96. The summed E-state index contributed by atoms with van der Waals surface area (Å²) in [5.41, 5.74) is 0.692. The lowest BCUT2D eigenvalue weighted by Gasteiger charge is -2.50. The number of rotatable bonds is 10. The minimum atomic E-state index is -1.32. The van der Waals surface area contributed by atoms with E-state index < -0.39 is 53.7 Å². The number of benzene rings is 1. The SMILES string of the molecule is O=C(NCCO)[C@H]1CCCN1C(=O)[C@@]12C[C@H]3OC(=O)[C@@H]1N(Cc1ccccc1C=CC1CCC4OC4C1)O[C@@H]2[C@H]1OC(C2CC2)(C2CC2)O[C@H]13. The molecule has 1 aromatic carbocycles. The number of aliphatic hydroxyl groups excluding tert-OH is 1. The number of nitrogens with zero attached hydrogens (tertiary/aromatic N) is 2. The van der Waals surface area contributed by atoms with Crippen LogP contribution in [0.15, 0.2) is 30.3 Å². The fourth-order valence-corrected chi connectivity index (χ4v) is 10.4. The van der Waals surface area contributed by atoms with Crippen molar-refractivity contribution in [1.29, 1.82) is 0 Å². The van der Waals surface area contributed by atoms with Crippen LogP contribution >= 0.6 is 0 Å². The minimum absolute atomic E-state index is 0.113. The number of carbonyl (C=O) groups is 3. The van der Waals surface area contributed by atoms with E-state index in [1.54, 1.807) is 9.96 Å². The fourth-order valence-electron chi connectivity index (χ4n) is 10.4.